The number of nitrogens with zero attached hydrogens (tertiary/aromatic N) is 5. The molecule has 4 aromatic rings. The van der Waals surface area contributed by atoms with E-state index in [0.717, 1.165) is 46.3 Å². The molecule has 43 heavy (non-hydrogen) atoms. The summed E-state index contributed by atoms with van der Waals surface area (Å²) >= 11 is 1.63. The number of morpholine rings is 2. The maximum Gasteiger partial charge on any atom is 0.323 e. The molecule has 2 aliphatic heterocycles. The number of hydrogen-bond acceptors (Lipinski definition) is 9. The topological polar surface area (TPSA) is 122 Å². The van der Waals surface area contributed by atoms with Crippen molar-refractivity contribution >= 4 is 46.6 Å². The molecule has 11 nitrogen and oxygen atoms in total. The van der Waals surface area contributed by atoms with Gasteiger partial charge in [-0.3, -0.25) is 9.78 Å². The van der Waals surface area contributed by atoms with E-state index in [0.29, 0.717) is 43.6 Å². The number of benzene rings is 2. The van der Waals surface area contributed by atoms with Gasteiger partial charge in [-0.1, -0.05) is 0 Å². The third-order valence-corrected chi connectivity index (χ3v) is 7.92. The lowest BCUT2D eigenvalue weighted by atomic mass is 10.1. The molecule has 3 amide bonds. The lowest BCUT2D eigenvalue weighted by Crippen LogP contribution is -2.41. The molecule has 0 bridgehead atoms. The molecular weight excluding hydrogens is 566 g/mol. The number of amides is 3. The minimum absolute atomic E-state index is 0.0790. The molecule has 2 aromatic heterocycles. The summed E-state index contributed by atoms with van der Waals surface area (Å²) in [4.78, 5) is 43.9. The molecule has 0 saturated carbocycles. The molecule has 0 unspecified atom stereocenters. The van der Waals surface area contributed by atoms with Crippen LogP contribution in [0.1, 0.15) is 0 Å². The van der Waals surface area contributed by atoms with Crippen LogP contribution in [0.5, 0.6) is 0 Å². The third-order valence-electron chi connectivity index (χ3n) is 7.14. The van der Waals surface area contributed by atoms with Crippen molar-refractivity contribution < 1.29 is 19.1 Å². The van der Waals surface area contributed by atoms with Gasteiger partial charge in [0.05, 0.1) is 30.4 Å². The Morgan fingerprint density at radius 1 is 0.814 bits per heavy atom. The number of nitrogens with one attached hydrogen (secondary N) is 2. The Kier molecular flexibility index (Phi) is 8.77. The van der Waals surface area contributed by atoms with Crippen LogP contribution in [0.2, 0.25) is 0 Å². The maximum absolute atomic E-state index is 12.7. The van der Waals surface area contributed by atoms with Crippen LogP contribution in [0.3, 0.4) is 0 Å². The summed E-state index contributed by atoms with van der Waals surface area (Å²) < 4.78 is 10.8. The van der Waals surface area contributed by atoms with E-state index in [2.05, 4.69) is 20.5 Å². The van der Waals surface area contributed by atoms with Gasteiger partial charge in [0, 0.05) is 60.2 Å². The van der Waals surface area contributed by atoms with E-state index >= 15 is 0 Å². The van der Waals surface area contributed by atoms with Gasteiger partial charge >= 0.3 is 6.03 Å². The van der Waals surface area contributed by atoms with Crippen LogP contribution in [0.25, 0.3) is 22.6 Å². The fraction of sp³-hybridized carbons (Fsp3) is 0.258. The van der Waals surface area contributed by atoms with E-state index in [1.807, 2.05) is 42.7 Å². The highest BCUT2D eigenvalue weighted by Crippen LogP contribution is 2.37. The second kappa shape index (κ2) is 13.2. The number of rotatable bonds is 7. The summed E-state index contributed by atoms with van der Waals surface area (Å²) in [6, 6.07) is 18.1. The predicted octanol–water partition coefficient (Wildman–Crippen LogP) is 4.77. The smallest absolute Gasteiger partial charge is 0.323 e. The Labute approximate surface area is 253 Å². The van der Waals surface area contributed by atoms with Gasteiger partial charge < -0.3 is 29.9 Å². The van der Waals surface area contributed by atoms with Gasteiger partial charge in [-0.05, 0) is 66.9 Å². The van der Waals surface area contributed by atoms with Crippen molar-refractivity contribution in [3.05, 3.63) is 73.1 Å². The summed E-state index contributed by atoms with van der Waals surface area (Å²) in [5, 5.41) is 5.70. The number of anilines is 4. The zero-order chi connectivity index (χ0) is 29.6. The summed E-state index contributed by atoms with van der Waals surface area (Å²) in [7, 11) is 0. The van der Waals surface area contributed by atoms with Crippen LogP contribution in [-0.4, -0.2) is 79.2 Å². The van der Waals surface area contributed by atoms with Gasteiger partial charge in [-0.15, -0.1) is 11.8 Å². The van der Waals surface area contributed by atoms with Gasteiger partial charge in [0.2, 0.25) is 0 Å². The van der Waals surface area contributed by atoms with Crippen LogP contribution < -0.4 is 20.4 Å². The average molecular weight is 598 g/mol. The Morgan fingerprint density at radius 2 is 1.47 bits per heavy atom. The number of pyridine rings is 1. The minimum atomic E-state index is -0.377. The minimum Gasteiger partial charge on any atom is -0.378 e. The number of thioether (sulfide) groups is 1. The van der Waals surface area contributed by atoms with Gasteiger partial charge in [0.25, 0.3) is 5.91 Å². The van der Waals surface area contributed by atoms with Crippen molar-refractivity contribution in [3.63, 3.8) is 0 Å². The number of carbonyl (C=O) groups excluding carboxylic acids is 2. The molecule has 2 fully saturated rings. The number of carbonyl (C=O) groups is 2. The molecule has 0 aliphatic carbocycles. The third kappa shape index (κ3) is 6.61. The van der Waals surface area contributed by atoms with E-state index in [-0.39, 0.29) is 18.5 Å². The molecule has 220 valence electrons. The van der Waals surface area contributed by atoms with Crippen molar-refractivity contribution in [2.24, 2.45) is 0 Å². The zero-order valence-electron chi connectivity index (χ0n) is 23.7. The predicted molar refractivity (Wildman–Crippen MR) is 168 cm³/mol. The second-order valence-corrected chi connectivity index (χ2v) is 10.7. The summed E-state index contributed by atoms with van der Waals surface area (Å²) in [5.74, 6) is 1.41. The van der Waals surface area contributed by atoms with Gasteiger partial charge in [0.1, 0.15) is 12.4 Å². The lowest BCUT2D eigenvalue weighted by Gasteiger charge is -2.30. The first-order valence-electron chi connectivity index (χ1n) is 13.9. The Balaban J connectivity index is 1.19. The largest absolute Gasteiger partial charge is 0.378 e. The van der Waals surface area contributed by atoms with Gasteiger partial charge in [-0.25, -0.2) is 14.8 Å². The fourth-order valence-corrected chi connectivity index (χ4v) is 5.68. The lowest BCUT2D eigenvalue weighted by molar-refractivity contribution is -0.125. The number of hydrogen-bond donors (Lipinski definition) is 2. The van der Waals surface area contributed by atoms with Crippen molar-refractivity contribution in [1.29, 1.82) is 0 Å². The van der Waals surface area contributed by atoms with Crippen molar-refractivity contribution in [2.45, 2.75) is 4.90 Å². The number of ether oxygens (including phenoxy) is 2. The Hall–Kier alpha value is -4.52. The highest BCUT2D eigenvalue weighted by molar-refractivity contribution is 7.98. The molecule has 0 atom stereocenters. The SMILES string of the molecule is CSc1c(-c2ccncc2)nc(-c2ccc(NC(=O)Nc3ccc(N4CCOCC4=O)cc3)cc2)nc1N1CCOCC1. The van der Waals surface area contributed by atoms with Crippen LogP contribution in [0.15, 0.2) is 78.0 Å². The monoisotopic (exact) mass is 597 g/mol. The summed E-state index contributed by atoms with van der Waals surface area (Å²) in [6.07, 6.45) is 5.57. The normalized spacial score (nSPS) is 15.3. The average Bonchev–Trinajstić information content (AvgIpc) is 3.06. The van der Waals surface area contributed by atoms with Crippen LogP contribution in [-0.2, 0) is 14.3 Å². The van der Waals surface area contributed by atoms with E-state index in [1.54, 1.807) is 53.3 Å². The maximum atomic E-state index is 12.7. The molecule has 6 rings (SSSR count). The zero-order valence-corrected chi connectivity index (χ0v) is 24.5. The van der Waals surface area contributed by atoms with E-state index in [9.17, 15) is 9.59 Å². The first-order chi connectivity index (χ1) is 21.1. The quantitative estimate of drug-likeness (QED) is 0.290. The highest BCUT2D eigenvalue weighted by atomic mass is 32.2. The fourth-order valence-electron chi connectivity index (χ4n) is 4.96. The van der Waals surface area contributed by atoms with E-state index in [4.69, 9.17) is 19.4 Å². The Morgan fingerprint density at radius 3 is 2.12 bits per heavy atom. The first kappa shape index (κ1) is 28.6. The van der Waals surface area contributed by atoms with E-state index < -0.39 is 0 Å². The molecule has 4 heterocycles. The molecule has 0 radical (unpaired) electrons. The second-order valence-electron chi connectivity index (χ2n) is 9.89. The van der Waals surface area contributed by atoms with Crippen LogP contribution in [0, 0.1) is 0 Å². The molecule has 0 spiro atoms. The molecular formula is C31H31N7O4S. The highest BCUT2D eigenvalue weighted by Gasteiger charge is 2.23. The number of urea groups is 1. The molecule has 2 aromatic carbocycles. The van der Waals surface area contributed by atoms with Gasteiger partial charge in [0.15, 0.2) is 5.82 Å². The molecule has 12 heteroatoms. The molecule has 2 aliphatic rings. The number of aromatic nitrogens is 3. The van der Waals surface area contributed by atoms with Gasteiger partial charge in [-0.2, -0.15) is 0 Å². The summed E-state index contributed by atoms with van der Waals surface area (Å²) in [6.45, 7) is 3.91. The van der Waals surface area contributed by atoms with Crippen molar-refractivity contribution in [2.75, 3.05) is 72.8 Å². The van der Waals surface area contributed by atoms with Crippen LogP contribution in [0.4, 0.5) is 27.7 Å². The molecule has 2 saturated heterocycles. The van der Waals surface area contributed by atoms with Crippen molar-refractivity contribution in [1.82, 2.24) is 15.0 Å². The van der Waals surface area contributed by atoms with E-state index in [1.165, 1.54) is 0 Å². The molecule has 2 N–H and O–H groups in total. The van der Waals surface area contributed by atoms with Crippen LogP contribution >= 0.6 is 11.8 Å². The Bertz CT molecular complexity index is 1580. The van der Waals surface area contributed by atoms with Crippen molar-refractivity contribution in [3.8, 4) is 22.6 Å². The summed E-state index contributed by atoms with van der Waals surface area (Å²) in [5.41, 5.74) is 4.66. The standard InChI is InChI=1S/C31H31N7O4S/c1-43-28-27(21-10-12-32-13-11-21)35-29(36-30(28)37-14-17-41-18-15-37)22-2-4-23(5-3-22)33-31(40)34-24-6-8-25(9-7-24)38-16-19-42-20-26(38)39/h2-13H,14-20H2,1H3,(H2,33,34,40). The first-order valence-corrected chi connectivity index (χ1v) is 15.2.